The van der Waals surface area contributed by atoms with E-state index in [0.717, 1.165) is 44.1 Å². The number of aliphatic hydroxyl groups is 1. The van der Waals surface area contributed by atoms with Gasteiger partial charge in [0, 0.05) is 28.8 Å². The molecule has 0 bridgehead atoms. The number of hydrogen-bond donors (Lipinski definition) is 2. The normalized spacial score (nSPS) is 12.9. The first-order chi connectivity index (χ1) is 20.2. The van der Waals surface area contributed by atoms with Crippen molar-refractivity contribution >= 4 is 27.3 Å². The van der Waals surface area contributed by atoms with Gasteiger partial charge in [0.25, 0.3) is 5.56 Å². The molecule has 218 valence electrons. The summed E-state index contributed by atoms with van der Waals surface area (Å²) in [5.74, 6) is 0.415. The van der Waals surface area contributed by atoms with Crippen molar-refractivity contribution in [3.05, 3.63) is 86.0 Å². The molecule has 1 aliphatic heterocycles. The Morgan fingerprint density at radius 3 is 2.24 bits per heavy atom. The smallest absolute Gasteiger partial charge is 0.281 e. The van der Waals surface area contributed by atoms with Crippen LogP contribution in [0.1, 0.15) is 84.6 Å². The van der Waals surface area contributed by atoms with Gasteiger partial charge in [-0.25, -0.2) is 4.98 Å². The Morgan fingerprint density at radius 1 is 0.881 bits per heavy atom. The molecule has 0 spiro atoms. The third kappa shape index (κ3) is 5.38. The summed E-state index contributed by atoms with van der Waals surface area (Å²) in [7, 11) is 0. The van der Waals surface area contributed by atoms with Crippen molar-refractivity contribution in [3.8, 4) is 28.5 Å². The molecular formula is C36H39NO5. The maximum Gasteiger partial charge on any atom is 0.281 e. The molecule has 2 aliphatic rings. The van der Waals surface area contributed by atoms with E-state index in [1.54, 1.807) is 24.3 Å². The molecule has 1 aliphatic carbocycles. The summed E-state index contributed by atoms with van der Waals surface area (Å²) in [6.07, 6.45) is 7.54. The lowest BCUT2D eigenvalue weighted by Gasteiger charge is -2.23. The van der Waals surface area contributed by atoms with Gasteiger partial charge >= 0.3 is 0 Å². The number of phenolic OH excluding ortho intramolecular Hbond substituents is 1. The summed E-state index contributed by atoms with van der Waals surface area (Å²) in [4.78, 5) is 31.5. The largest absolute Gasteiger partial charge is 0.511 e. The lowest BCUT2D eigenvalue weighted by atomic mass is 9.82. The zero-order valence-corrected chi connectivity index (χ0v) is 24.9. The number of pyridine rings is 1. The molecule has 0 saturated heterocycles. The Balaban J connectivity index is 1.70. The highest BCUT2D eigenvalue weighted by Gasteiger charge is 2.28. The van der Waals surface area contributed by atoms with Gasteiger partial charge in [-0.1, -0.05) is 96.2 Å². The molecule has 5 rings (SSSR count). The number of aliphatic hydroxyl groups excluding tert-OH is 1. The van der Waals surface area contributed by atoms with Crippen LogP contribution < -0.4 is 20.9 Å². The van der Waals surface area contributed by atoms with Crippen LogP contribution in [0.4, 0.5) is 0 Å². The summed E-state index contributed by atoms with van der Waals surface area (Å²) < 4.78 is 6.18. The summed E-state index contributed by atoms with van der Waals surface area (Å²) >= 11 is 0. The van der Waals surface area contributed by atoms with Crippen LogP contribution in [0.2, 0.25) is 0 Å². The second-order valence-electron chi connectivity index (χ2n) is 11.9. The Bertz CT molecular complexity index is 1860. The summed E-state index contributed by atoms with van der Waals surface area (Å²) in [6, 6.07) is 16.0. The fraction of sp³-hybridized carbons (Fsp3) is 0.361. The van der Waals surface area contributed by atoms with Gasteiger partial charge < -0.3 is 14.9 Å². The van der Waals surface area contributed by atoms with E-state index in [2.05, 4.69) is 32.7 Å². The molecule has 0 fully saturated rings. The van der Waals surface area contributed by atoms with Crippen LogP contribution in [0, 0.1) is 0 Å². The number of benzene rings is 4. The SMILES string of the molecule is CCCCCCCCC(O)=c1c(=O)nc2c(Oc3ccc(C(C)(C)CC)cc3)cc(=O)c3c(O)c4ccccc4c1c3-2. The minimum Gasteiger partial charge on any atom is -0.511 e. The van der Waals surface area contributed by atoms with Crippen LogP contribution in [0.5, 0.6) is 17.2 Å². The molecule has 3 aromatic rings. The second-order valence-corrected chi connectivity index (χ2v) is 11.9. The zero-order valence-electron chi connectivity index (χ0n) is 24.9. The van der Waals surface area contributed by atoms with Crippen molar-refractivity contribution in [2.24, 2.45) is 0 Å². The van der Waals surface area contributed by atoms with Crippen molar-refractivity contribution < 1.29 is 14.9 Å². The Kier molecular flexibility index (Phi) is 8.35. The van der Waals surface area contributed by atoms with Crippen molar-refractivity contribution in [3.63, 3.8) is 0 Å². The molecule has 42 heavy (non-hydrogen) atoms. The topological polar surface area (TPSA) is 96.7 Å². The van der Waals surface area contributed by atoms with Gasteiger partial charge in [0.15, 0.2) is 11.2 Å². The molecule has 0 radical (unpaired) electrons. The van der Waals surface area contributed by atoms with Crippen LogP contribution in [-0.2, 0) is 5.41 Å². The average molecular weight is 566 g/mol. The van der Waals surface area contributed by atoms with Crippen LogP contribution in [0.3, 0.4) is 0 Å². The van der Waals surface area contributed by atoms with E-state index < -0.39 is 11.0 Å². The second kappa shape index (κ2) is 12.0. The first-order valence-electron chi connectivity index (χ1n) is 15.1. The summed E-state index contributed by atoms with van der Waals surface area (Å²) in [6.45, 7) is 8.66. The van der Waals surface area contributed by atoms with Crippen molar-refractivity contribution in [2.45, 2.75) is 84.5 Å². The fourth-order valence-corrected chi connectivity index (χ4v) is 5.76. The van der Waals surface area contributed by atoms with Crippen LogP contribution >= 0.6 is 0 Å². The van der Waals surface area contributed by atoms with E-state index in [1.165, 1.54) is 12.5 Å². The van der Waals surface area contributed by atoms with Gasteiger partial charge in [-0.3, -0.25) is 9.59 Å². The average Bonchev–Trinajstić information content (AvgIpc) is 2.98. The number of hydrogen-bond acceptors (Lipinski definition) is 6. The maximum atomic E-state index is 13.6. The van der Waals surface area contributed by atoms with E-state index in [0.29, 0.717) is 33.9 Å². The lowest BCUT2D eigenvalue weighted by molar-refractivity contribution is 0.466. The minimum atomic E-state index is -0.591. The Morgan fingerprint density at radius 2 is 1.55 bits per heavy atom. The van der Waals surface area contributed by atoms with E-state index in [9.17, 15) is 19.8 Å². The number of unbranched alkanes of at least 4 members (excludes halogenated alkanes) is 5. The van der Waals surface area contributed by atoms with Crippen LogP contribution in [0.15, 0.2) is 64.2 Å². The standard InChI is InChI=1S/C36H39NO5/c1-5-7-8-9-10-11-16-26(38)31-29-24-14-12-13-15-25(24)34(40)30-27(39)21-28(33(32(29)30)37-35(31)41)42-23-19-17-22(18-20-23)36(3,4)6-2/h12-15,17-21,38,40H,5-11,16H2,1-4H3. The quantitative estimate of drug-likeness (QED) is 0.0958. The first kappa shape index (κ1) is 29.3. The van der Waals surface area contributed by atoms with E-state index in [1.807, 2.05) is 24.3 Å². The summed E-state index contributed by atoms with van der Waals surface area (Å²) in [5, 5.41) is 24.1. The number of aromatic hydroxyl groups is 1. The Labute approximate surface area is 246 Å². The first-order valence-corrected chi connectivity index (χ1v) is 15.1. The molecule has 0 amide bonds. The highest BCUT2D eigenvalue weighted by molar-refractivity contribution is 6.17. The molecule has 0 unspecified atom stereocenters. The molecule has 6 nitrogen and oxygen atoms in total. The zero-order chi connectivity index (χ0) is 30.0. The van der Waals surface area contributed by atoms with Crippen molar-refractivity contribution in [1.29, 1.82) is 0 Å². The van der Waals surface area contributed by atoms with Crippen LogP contribution in [0.25, 0.3) is 38.6 Å². The highest BCUT2D eigenvalue weighted by Crippen LogP contribution is 2.44. The predicted octanol–water partition coefficient (Wildman–Crippen LogP) is 7.97. The van der Waals surface area contributed by atoms with Crippen molar-refractivity contribution in [2.75, 3.05) is 0 Å². The molecule has 6 heteroatoms. The Hall–Kier alpha value is -4.19. The highest BCUT2D eigenvalue weighted by atomic mass is 16.5. The monoisotopic (exact) mass is 565 g/mol. The minimum absolute atomic E-state index is 0.00510. The number of nitrogens with zero attached hydrogens (tertiary/aromatic N) is 1. The van der Waals surface area contributed by atoms with Crippen LogP contribution in [-0.4, -0.2) is 15.2 Å². The van der Waals surface area contributed by atoms with Gasteiger partial charge in [-0.15, -0.1) is 0 Å². The molecule has 3 aromatic carbocycles. The van der Waals surface area contributed by atoms with Gasteiger partial charge in [-0.2, -0.15) is 0 Å². The van der Waals surface area contributed by atoms with E-state index in [-0.39, 0.29) is 39.0 Å². The molecule has 0 atom stereocenters. The number of rotatable bonds is 11. The molecule has 0 aromatic heterocycles. The van der Waals surface area contributed by atoms with Crippen molar-refractivity contribution in [1.82, 2.24) is 4.98 Å². The summed E-state index contributed by atoms with van der Waals surface area (Å²) in [5.41, 5.74) is 0.630. The third-order valence-corrected chi connectivity index (χ3v) is 8.65. The molecule has 0 saturated carbocycles. The van der Waals surface area contributed by atoms with Gasteiger partial charge in [0.05, 0.1) is 10.6 Å². The van der Waals surface area contributed by atoms with Gasteiger partial charge in [0.1, 0.15) is 23.0 Å². The number of ether oxygens (including phenoxy) is 1. The maximum absolute atomic E-state index is 13.6. The molecule has 2 N–H and O–H groups in total. The van der Waals surface area contributed by atoms with E-state index >= 15 is 0 Å². The third-order valence-electron chi connectivity index (χ3n) is 8.65. The number of fused-ring (bicyclic) bond motifs is 2. The lowest BCUT2D eigenvalue weighted by Crippen LogP contribution is -2.32. The van der Waals surface area contributed by atoms with E-state index in [4.69, 9.17) is 4.74 Å². The fourth-order valence-electron chi connectivity index (χ4n) is 5.76. The number of phenols is 1. The molecular weight excluding hydrogens is 526 g/mol. The predicted molar refractivity (Wildman–Crippen MR) is 170 cm³/mol. The van der Waals surface area contributed by atoms with Gasteiger partial charge in [-0.05, 0) is 41.3 Å². The number of aromatic nitrogens is 1. The van der Waals surface area contributed by atoms with Gasteiger partial charge in [0.2, 0.25) is 0 Å². The molecule has 1 heterocycles.